The summed E-state index contributed by atoms with van der Waals surface area (Å²) in [6, 6.07) is 13.7. The molecule has 1 unspecified atom stereocenters. The summed E-state index contributed by atoms with van der Waals surface area (Å²) in [6.07, 6.45) is 3.93. The van der Waals surface area contributed by atoms with Gasteiger partial charge in [0.25, 0.3) is 11.7 Å². The number of amides is 1. The molecule has 1 atom stereocenters. The van der Waals surface area contributed by atoms with Crippen molar-refractivity contribution in [2.75, 3.05) is 6.54 Å². The van der Waals surface area contributed by atoms with Crippen LogP contribution in [0.15, 0.2) is 54.1 Å². The number of ketones is 1. The van der Waals surface area contributed by atoms with Crippen LogP contribution in [0.3, 0.4) is 0 Å². The smallest absolute Gasteiger partial charge is 0.295 e. The van der Waals surface area contributed by atoms with Crippen LogP contribution in [-0.2, 0) is 9.59 Å². The number of aliphatic hydroxyl groups is 1. The lowest BCUT2D eigenvalue weighted by molar-refractivity contribution is -0.139. The second-order valence-electron chi connectivity index (χ2n) is 7.44. The number of carbonyl (C=O) groups excluding carboxylic acids is 2. The van der Waals surface area contributed by atoms with E-state index in [1.54, 1.807) is 35.2 Å². The van der Waals surface area contributed by atoms with Crippen LogP contribution in [0.2, 0.25) is 5.02 Å². The SMILES string of the molecule is CCCCCCN1C(=O)C(=O)/C(=C(\O)c2ccc(C)cc2)C1c1ccccc1Cl. The van der Waals surface area contributed by atoms with Gasteiger partial charge in [0.2, 0.25) is 0 Å². The lowest BCUT2D eigenvalue weighted by atomic mass is 9.95. The molecule has 1 N–H and O–H groups in total. The third-order valence-electron chi connectivity index (χ3n) is 5.32. The Morgan fingerprint density at radius 1 is 1.03 bits per heavy atom. The number of nitrogens with zero attached hydrogens (tertiary/aromatic N) is 1. The van der Waals surface area contributed by atoms with Crippen molar-refractivity contribution in [3.05, 3.63) is 75.8 Å². The summed E-state index contributed by atoms with van der Waals surface area (Å²) >= 11 is 6.43. The zero-order valence-electron chi connectivity index (χ0n) is 16.8. The molecule has 0 radical (unpaired) electrons. The Hall–Kier alpha value is -2.59. The van der Waals surface area contributed by atoms with Crippen molar-refractivity contribution >= 4 is 29.1 Å². The predicted molar refractivity (Wildman–Crippen MR) is 116 cm³/mol. The number of aryl methyl sites for hydroxylation is 1. The van der Waals surface area contributed by atoms with E-state index in [9.17, 15) is 14.7 Å². The molecule has 5 heteroatoms. The van der Waals surface area contributed by atoms with Gasteiger partial charge in [-0.15, -0.1) is 0 Å². The largest absolute Gasteiger partial charge is 0.507 e. The van der Waals surface area contributed by atoms with Gasteiger partial charge in [0.05, 0.1) is 11.6 Å². The van der Waals surface area contributed by atoms with Crippen molar-refractivity contribution in [2.24, 2.45) is 0 Å². The Kier molecular flexibility index (Phi) is 6.75. The quantitative estimate of drug-likeness (QED) is 0.277. The fourth-order valence-corrected chi connectivity index (χ4v) is 3.95. The molecule has 1 heterocycles. The highest BCUT2D eigenvalue weighted by Crippen LogP contribution is 2.41. The highest BCUT2D eigenvalue weighted by molar-refractivity contribution is 6.47. The van der Waals surface area contributed by atoms with Gasteiger partial charge >= 0.3 is 0 Å². The van der Waals surface area contributed by atoms with Gasteiger partial charge in [-0.2, -0.15) is 0 Å². The normalized spacial score (nSPS) is 18.4. The molecule has 3 rings (SSSR count). The summed E-state index contributed by atoms with van der Waals surface area (Å²) in [6.45, 7) is 4.52. The second-order valence-corrected chi connectivity index (χ2v) is 7.85. The van der Waals surface area contributed by atoms with Gasteiger partial charge in [-0.25, -0.2) is 0 Å². The highest BCUT2D eigenvalue weighted by atomic mass is 35.5. The average molecular weight is 412 g/mol. The minimum absolute atomic E-state index is 0.0995. The maximum absolute atomic E-state index is 12.9. The van der Waals surface area contributed by atoms with Gasteiger partial charge in [0.15, 0.2) is 0 Å². The molecule has 1 amide bonds. The molecule has 29 heavy (non-hydrogen) atoms. The molecule has 2 aromatic carbocycles. The van der Waals surface area contributed by atoms with E-state index in [4.69, 9.17) is 11.6 Å². The molecule has 1 saturated heterocycles. The first-order chi connectivity index (χ1) is 14.0. The van der Waals surface area contributed by atoms with E-state index >= 15 is 0 Å². The standard InChI is InChI=1S/C24H26ClNO3/c1-3-4-5-8-15-26-21(18-9-6-7-10-19(18)25)20(23(28)24(26)29)22(27)17-13-11-16(2)12-14-17/h6-7,9-14,21,27H,3-5,8,15H2,1-2H3/b22-20-. The van der Waals surface area contributed by atoms with E-state index in [0.29, 0.717) is 22.7 Å². The van der Waals surface area contributed by atoms with Gasteiger partial charge in [-0.3, -0.25) is 9.59 Å². The Bertz CT molecular complexity index is 933. The van der Waals surface area contributed by atoms with Crippen LogP contribution >= 0.6 is 11.6 Å². The zero-order valence-corrected chi connectivity index (χ0v) is 17.6. The summed E-state index contributed by atoms with van der Waals surface area (Å²) in [5, 5.41) is 11.5. The fourth-order valence-electron chi connectivity index (χ4n) is 3.71. The Morgan fingerprint density at radius 2 is 1.72 bits per heavy atom. The number of unbranched alkanes of at least 4 members (excludes halogenated alkanes) is 3. The molecule has 4 nitrogen and oxygen atoms in total. The molecule has 1 fully saturated rings. The molecule has 152 valence electrons. The van der Waals surface area contributed by atoms with E-state index in [1.165, 1.54) is 0 Å². The van der Waals surface area contributed by atoms with Crippen LogP contribution in [0.1, 0.15) is 55.3 Å². The molecule has 1 aliphatic heterocycles. The zero-order chi connectivity index (χ0) is 21.0. The third-order valence-corrected chi connectivity index (χ3v) is 5.66. The number of carbonyl (C=O) groups is 2. The van der Waals surface area contributed by atoms with Crippen LogP contribution in [0.4, 0.5) is 0 Å². The number of Topliss-reactive ketones (excluding diaryl/α,β-unsaturated/α-hetero) is 1. The minimum Gasteiger partial charge on any atom is -0.507 e. The van der Waals surface area contributed by atoms with Gasteiger partial charge in [0.1, 0.15) is 5.76 Å². The summed E-state index contributed by atoms with van der Waals surface area (Å²) in [4.78, 5) is 27.3. The second kappa shape index (κ2) is 9.27. The highest BCUT2D eigenvalue weighted by Gasteiger charge is 2.46. The summed E-state index contributed by atoms with van der Waals surface area (Å²) in [5.74, 6) is -1.41. The number of rotatable bonds is 7. The van der Waals surface area contributed by atoms with Gasteiger partial charge < -0.3 is 10.0 Å². The summed E-state index contributed by atoms with van der Waals surface area (Å²) in [5.41, 5.74) is 2.30. The first kappa shape index (κ1) is 21.1. The number of aliphatic hydroxyl groups excluding tert-OH is 1. The first-order valence-electron chi connectivity index (χ1n) is 10.1. The lowest BCUT2D eigenvalue weighted by Gasteiger charge is -2.26. The molecular weight excluding hydrogens is 386 g/mol. The third kappa shape index (κ3) is 4.38. The lowest BCUT2D eigenvalue weighted by Crippen LogP contribution is -2.30. The van der Waals surface area contributed by atoms with Crippen molar-refractivity contribution in [3.8, 4) is 0 Å². The van der Waals surface area contributed by atoms with E-state index in [0.717, 1.165) is 31.2 Å². The first-order valence-corrected chi connectivity index (χ1v) is 10.4. The van der Waals surface area contributed by atoms with Crippen LogP contribution in [-0.4, -0.2) is 28.2 Å². The Labute approximate surface area is 176 Å². The van der Waals surface area contributed by atoms with Crippen LogP contribution in [0.5, 0.6) is 0 Å². The predicted octanol–water partition coefficient (Wildman–Crippen LogP) is 5.65. The van der Waals surface area contributed by atoms with Gasteiger partial charge in [-0.05, 0) is 25.0 Å². The molecule has 0 aliphatic carbocycles. The molecule has 0 aromatic heterocycles. The van der Waals surface area contributed by atoms with Crippen LogP contribution in [0.25, 0.3) is 5.76 Å². The number of hydrogen-bond donors (Lipinski definition) is 1. The molecule has 2 aromatic rings. The Balaban J connectivity index is 2.08. The van der Waals surface area contributed by atoms with E-state index in [-0.39, 0.29) is 11.3 Å². The fraction of sp³-hybridized carbons (Fsp3) is 0.333. The molecule has 0 saturated carbocycles. The number of hydrogen-bond acceptors (Lipinski definition) is 3. The van der Waals surface area contributed by atoms with E-state index in [2.05, 4.69) is 6.92 Å². The molecule has 1 aliphatic rings. The van der Waals surface area contributed by atoms with Gasteiger partial charge in [0, 0.05) is 17.1 Å². The van der Waals surface area contributed by atoms with Crippen molar-refractivity contribution in [3.63, 3.8) is 0 Å². The molecular formula is C24H26ClNO3. The topological polar surface area (TPSA) is 57.6 Å². The van der Waals surface area contributed by atoms with Crippen molar-refractivity contribution < 1.29 is 14.7 Å². The Morgan fingerprint density at radius 3 is 2.38 bits per heavy atom. The van der Waals surface area contributed by atoms with Crippen LogP contribution in [0, 0.1) is 6.92 Å². The molecule has 0 bridgehead atoms. The number of likely N-dealkylation sites (tertiary alicyclic amines) is 1. The summed E-state index contributed by atoms with van der Waals surface area (Å²) in [7, 11) is 0. The van der Waals surface area contributed by atoms with Crippen molar-refractivity contribution in [2.45, 2.75) is 45.6 Å². The monoisotopic (exact) mass is 411 g/mol. The van der Waals surface area contributed by atoms with Crippen molar-refractivity contribution in [1.82, 2.24) is 4.90 Å². The maximum atomic E-state index is 12.9. The minimum atomic E-state index is -0.688. The number of halogens is 1. The van der Waals surface area contributed by atoms with Crippen LogP contribution < -0.4 is 0 Å². The van der Waals surface area contributed by atoms with Crippen molar-refractivity contribution in [1.29, 1.82) is 0 Å². The number of benzene rings is 2. The summed E-state index contributed by atoms with van der Waals surface area (Å²) < 4.78 is 0. The average Bonchev–Trinajstić information content (AvgIpc) is 2.96. The van der Waals surface area contributed by atoms with E-state index < -0.39 is 17.7 Å². The maximum Gasteiger partial charge on any atom is 0.295 e. The molecule has 0 spiro atoms. The van der Waals surface area contributed by atoms with Gasteiger partial charge in [-0.1, -0.05) is 85.8 Å². The van der Waals surface area contributed by atoms with E-state index in [1.807, 2.05) is 25.1 Å².